The minimum atomic E-state index is -0.447. The highest BCUT2D eigenvalue weighted by Gasteiger charge is 2.45. The first kappa shape index (κ1) is 17.9. The average Bonchev–Trinajstić information content (AvgIpc) is 3.41. The van der Waals surface area contributed by atoms with E-state index in [1.165, 1.54) is 35.4 Å². The van der Waals surface area contributed by atoms with Crippen LogP contribution in [0.25, 0.3) is 0 Å². The Labute approximate surface area is 152 Å². The van der Waals surface area contributed by atoms with E-state index in [2.05, 4.69) is 35.2 Å². The van der Waals surface area contributed by atoms with Crippen molar-refractivity contribution in [2.24, 2.45) is 0 Å². The van der Waals surface area contributed by atoms with Crippen molar-refractivity contribution in [2.75, 3.05) is 6.54 Å². The van der Waals surface area contributed by atoms with Gasteiger partial charge in [0, 0.05) is 12.0 Å². The Bertz CT molecular complexity index is 801. The molecule has 2 aromatic rings. The number of aryl methyl sites for hydroxylation is 1. The van der Waals surface area contributed by atoms with Crippen LogP contribution in [0.2, 0.25) is 0 Å². The number of halogens is 1. The molecule has 3 N–H and O–H groups in total. The molecule has 0 radical (unpaired) electrons. The number of nitrogens with one attached hydrogen (secondary N) is 3. The highest BCUT2D eigenvalue weighted by atomic mass is 19.1. The number of urea groups is 1. The molecule has 136 valence electrons. The molecule has 3 amide bonds. The fourth-order valence-corrected chi connectivity index (χ4v) is 3.11. The van der Waals surface area contributed by atoms with Crippen LogP contribution in [0.3, 0.4) is 0 Å². The largest absolute Gasteiger partial charge is 0.336 e. The predicted molar refractivity (Wildman–Crippen MR) is 96.9 cm³/mol. The lowest BCUT2D eigenvalue weighted by molar-refractivity contribution is -0.121. The number of carbonyl (C=O) groups is 2. The maximum Gasteiger partial charge on any atom is 0.333 e. The van der Waals surface area contributed by atoms with Gasteiger partial charge in [0.05, 0.1) is 6.42 Å². The molecule has 0 unspecified atom stereocenters. The molecule has 0 aliphatic heterocycles. The van der Waals surface area contributed by atoms with Crippen LogP contribution in [0.4, 0.5) is 9.18 Å². The molecular weight excluding hydrogens is 333 g/mol. The van der Waals surface area contributed by atoms with Crippen LogP contribution in [0, 0.1) is 12.7 Å². The molecule has 1 aliphatic rings. The van der Waals surface area contributed by atoms with Crippen LogP contribution in [0.1, 0.15) is 29.5 Å². The minimum Gasteiger partial charge on any atom is -0.336 e. The third kappa shape index (κ3) is 4.39. The van der Waals surface area contributed by atoms with Crippen molar-refractivity contribution in [1.29, 1.82) is 0 Å². The fourth-order valence-electron chi connectivity index (χ4n) is 3.11. The summed E-state index contributed by atoms with van der Waals surface area (Å²) in [4.78, 5) is 23.8. The molecule has 0 bridgehead atoms. The normalized spacial score (nSPS) is 14.4. The lowest BCUT2D eigenvalue weighted by Gasteiger charge is -2.19. The number of hydrogen-bond donors (Lipinski definition) is 3. The summed E-state index contributed by atoms with van der Waals surface area (Å²) in [5, 5.41) is 2.82. The molecule has 0 saturated heterocycles. The number of hydrogen-bond acceptors (Lipinski definition) is 2. The highest BCUT2D eigenvalue weighted by molar-refractivity contribution is 5.82. The maximum absolute atomic E-state index is 12.8. The van der Waals surface area contributed by atoms with Crippen LogP contribution >= 0.6 is 0 Å². The Kier molecular flexibility index (Phi) is 5.21. The van der Waals surface area contributed by atoms with Gasteiger partial charge in [-0.25, -0.2) is 14.6 Å². The van der Waals surface area contributed by atoms with E-state index in [-0.39, 0.29) is 23.6 Å². The summed E-state index contributed by atoms with van der Waals surface area (Å²) in [5.41, 5.74) is 7.87. The monoisotopic (exact) mass is 355 g/mol. The van der Waals surface area contributed by atoms with Crippen LogP contribution in [0.5, 0.6) is 0 Å². The fraction of sp³-hybridized carbons (Fsp3) is 0.300. The van der Waals surface area contributed by atoms with Crippen molar-refractivity contribution in [3.8, 4) is 0 Å². The molecule has 0 aromatic heterocycles. The van der Waals surface area contributed by atoms with Gasteiger partial charge in [0.15, 0.2) is 0 Å². The minimum absolute atomic E-state index is 0.000797. The van der Waals surface area contributed by atoms with Crippen LogP contribution in [0.15, 0.2) is 48.5 Å². The zero-order valence-corrected chi connectivity index (χ0v) is 14.6. The summed E-state index contributed by atoms with van der Waals surface area (Å²) in [6.07, 6.45) is 2.14. The molecular formula is C20H22FN3O2. The van der Waals surface area contributed by atoms with Gasteiger partial charge in [0.1, 0.15) is 5.82 Å². The van der Waals surface area contributed by atoms with E-state index in [9.17, 15) is 14.0 Å². The molecule has 1 saturated carbocycles. The Morgan fingerprint density at radius 2 is 1.73 bits per heavy atom. The van der Waals surface area contributed by atoms with Crippen molar-refractivity contribution in [1.82, 2.24) is 16.2 Å². The van der Waals surface area contributed by atoms with E-state index in [0.717, 1.165) is 12.8 Å². The van der Waals surface area contributed by atoms with Gasteiger partial charge < -0.3 is 5.32 Å². The van der Waals surface area contributed by atoms with Gasteiger partial charge in [-0.1, -0.05) is 36.4 Å². The molecule has 3 rings (SSSR count). The third-order valence-corrected chi connectivity index (χ3v) is 4.75. The second-order valence-corrected chi connectivity index (χ2v) is 6.75. The van der Waals surface area contributed by atoms with Crippen molar-refractivity contribution >= 4 is 11.9 Å². The van der Waals surface area contributed by atoms with Gasteiger partial charge in [-0.3, -0.25) is 10.2 Å². The average molecular weight is 355 g/mol. The second-order valence-electron chi connectivity index (χ2n) is 6.75. The molecule has 6 heteroatoms. The summed E-state index contributed by atoms with van der Waals surface area (Å²) in [6.45, 7) is 2.60. The van der Waals surface area contributed by atoms with Crippen LogP contribution < -0.4 is 16.2 Å². The first-order valence-corrected chi connectivity index (χ1v) is 8.62. The number of benzene rings is 2. The SMILES string of the molecule is Cc1ccccc1C1(CNC(=O)NNC(=O)Cc2ccc(F)cc2)CC1. The Balaban J connectivity index is 1.44. The summed E-state index contributed by atoms with van der Waals surface area (Å²) < 4.78 is 12.8. The Hall–Kier alpha value is -2.89. The quantitative estimate of drug-likeness (QED) is 0.722. The van der Waals surface area contributed by atoms with E-state index in [4.69, 9.17) is 0 Å². The van der Waals surface area contributed by atoms with Crippen LogP contribution in [-0.2, 0) is 16.6 Å². The number of hydrazine groups is 1. The number of rotatable bonds is 5. The summed E-state index contributed by atoms with van der Waals surface area (Å²) in [7, 11) is 0. The molecule has 0 spiro atoms. The molecule has 1 fully saturated rings. The van der Waals surface area contributed by atoms with Crippen LogP contribution in [-0.4, -0.2) is 18.5 Å². The standard InChI is InChI=1S/C20H22FN3O2/c1-14-4-2-3-5-17(14)20(10-11-20)13-22-19(26)24-23-18(25)12-15-6-8-16(21)9-7-15/h2-9H,10-13H2,1H3,(H,23,25)(H2,22,24,26). The van der Waals surface area contributed by atoms with E-state index >= 15 is 0 Å². The number of amides is 3. The van der Waals surface area contributed by atoms with Crippen molar-refractivity contribution in [2.45, 2.75) is 31.6 Å². The molecule has 2 aromatic carbocycles. The lowest BCUT2D eigenvalue weighted by atomic mass is 9.92. The zero-order valence-electron chi connectivity index (χ0n) is 14.6. The maximum atomic E-state index is 12.8. The molecule has 1 aliphatic carbocycles. The van der Waals surface area contributed by atoms with E-state index < -0.39 is 6.03 Å². The highest BCUT2D eigenvalue weighted by Crippen LogP contribution is 2.48. The predicted octanol–water partition coefficient (Wildman–Crippen LogP) is 2.74. The third-order valence-electron chi connectivity index (χ3n) is 4.75. The zero-order chi connectivity index (χ0) is 18.6. The first-order valence-electron chi connectivity index (χ1n) is 8.62. The Morgan fingerprint density at radius 1 is 1.04 bits per heavy atom. The summed E-state index contributed by atoms with van der Waals surface area (Å²) in [6, 6.07) is 13.4. The smallest absolute Gasteiger partial charge is 0.333 e. The molecule has 26 heavy (non-hydrogen) atoms. The van der Waals surface area contributed by atoms with Gasteiger partial charge >= 0.3 is 6.03 Å². The van der Waals surface area contributed by atoms with Crippen molar-refractivity contribution < 1.29 is 14.0 Å². The van der Waals surface area contributed by atoms with Crippen molar-refractivity contribution in [3.05, 3.63) is 71.0 Å². The molecule has 0 atom stereocenters. The van der Waals surface area contributed by atoms with Gasteiger partial charge in [-0.15, -0.1) is 0 Å². The first-order chi connectivity index (χ1) is 12.5. The van der Waals surface area contributed by atoms with E-state index in [0.29, 0.717) is 12.1 Å². The molecule has 0 heterocycles. The molecule has 5 nitrogen and oxygen atoms in total. The number of carbonyl (C=O) groups excluding carboxylic acids is 2. The van der Waals surface area contributed by atoms with Gasteiger partial charge in [0.2, 0.25) is 5.91 Å². The summed E-state index contributed by atoms with van der Waals surface area (Å²) in [5.74, 6) is -0.721. The van der Waals surface area contributed by atoms with Gasteiger partial charge in [-0.2, -0.15) is 0 Å². The van der Waals surface area contributed by atoms with Crippen molar-refractivity contribution in [3.63, 3.8) is 0 Å². The second kappa shape index (κ2) is 7.56. The topological polar surface area (TPSA) is 70.2 Å². The van der Waals surface area contributed by atoms with E-state index in [1.807, 2.05) is 12.1 Å². The van der Waals surface area contributed by atoms with E-state index in [1.54, 1.807) is 0 Å². The Morgan fingerprint density at radius 3 is 2.38 bits per heavy atom. The lowest BCUT2D eigenvalue weighted by Crippen LogP contribution is -2.49. The summed E-state index contributed by atoms with van der Waals surface area (Å²) >= 11 is 0. The van der Waals surface area contributed by atoms with Gasteiger partial charge in [0.25, 0.3) is 0 Å². The van der Waals surface area contributed by atoms with Gasteiger partial charge in [-0.05, 0) is 48.6 Å².